The summed E-state index contributed by atoms with van der Waals surface area (Å²) in [4.78, 5) is 36.9. The molecular weight excluding hydrogens is 531 g/mol. The summed E-state index contributed by atoms with van der Waals surface area (Å²) in [6.45, 7) is 4.20. The number of nitrogens with zero attached hydrogens (tertiary/aromatic N) is 6. The standard InChI is InChI=1S/C28H31FN8O4/c1-16-13-31-28(33-24-5-6-32-35(24)3)34-25(16)19-11-22-27(40)37(8-7-36(22)15-19)17(2)26(39)30-14-23(38)18-9-20(29)12-21(10-18)41-4/h5-6,9-13,15,17,23,38H,7-8,14H2,1-4H3,(H,30,39)(H,31,33,34)/t17-,23+/m0/s1. The number of aromatic nitrogens is 5. The maximum atomic E-state index is 13.8. The van der Waals surface area contributed by atoms with Crippen molar-refractivity contribution in [2.75, 3.05) is 25.5 Å². The molecule has 0 saturated carbocycles. The lowest BCUT2D eigenvalue weighted by Gasteiger charge is -2.32. The number of carbonyl (C=O) groups is 2. The van der Waals surface area contributed by atoms with E-state index in [1.54, 1.807) is 30.1 Å². The van der Waals surface area contributed by atoms with Crippen molar-refractivity contribution in [2.45, 2.75) is 32.5 Å². The second-order valence-corrected chi connectivity index (χ2v) is 9.86. The zero-order chi connectivity index (χ0) is 29.3. The van der Waals surface area contributed by atoms with Crippen LogP contribution in [0.2, 0.25) is 0 Å². The van der Waals surface area contributed by atoms with E-state index in [1.165, 1.54) is 30.2 Å². The zero-order valence-corrected chi connectivity index (χ0v) is 23.1. The van der Waals surface area contributed by atoms with Crippen molar-refractivity contribution >= 4 is 23.6 Å². The maximum Gasteiger partial charge on any atom is 0.271 e. The van der Waals surface area contributed by atoms with Crippen molar-refractivity contribution in [1.29, 1.82) is 0 Å². The molecular formula is C28H31FN8O4. The lowest BCUT2D eigenvalue weighted by Crippen LogP contribution is -2.52. The summed E-state index contributed by atoms with van der Waals surface area (Å²) in [7, 11) is 3.21. The highest BCUT2D eigenvalue weighted by Crippen LogP contribution is 2.28. The first kappa shape index (κ1) is 27.8. The van der Waals surface area contributed by atoms with Crippen LogP contribution in [0.3, 0.4) is 0 Å². The SMILES string of the molecule is COc1cc(F)cc([C@H](O)CNC(=O)[C@H](C)N2CCn3cc(-c4nc(Nc5ccnn5C)ncc4C)cc3C2=O)c1. The van der Waals surface area contributed by atoms with E-state index in [4.69, 9.17) is 4.74 Å². The highest BCUT2D eigenvalue weighted by molar-refractivity contribution is 5.98. The quantitative estimate of drug-likeness (QED) is 0.283. The molecule has 5 rings (SSSR count). The molecule has 3 aromatic heterocycles. The molecule has 3 N–H and O–H groups in total. The maximum absolute atomic E-state index is 13.8. The van der Waals surface area contributed by atoms with Crippen LogP contribution < -0.4 is 15.4 Å². The number of aliphatic hydroxyl groups is 1. The number of hydrogen-bond acceptors (Lipinski definition) is 8. The van der Waals surface area contributed by atoms with Gasteiger partial charge in [0, 0.05) is 56.8 Å². The van der Waals surface area contributed by atoms with Crippen LogP contribution in [-0.2, 0) is 18.4 Å². The molecule has 0 unspecified atom stereocenters. The minimum Gasteiger partial charge on any atom is -0.497 e. The molecule has 0 aliphatic carbocycles. The van der Waals surface area contributed by atoms with Gasteiger partial charge in [-0.1, -0.05) is 0 Å². The van der Waals surface area contributed by atoms with Crippen LogP contribution in [0.25, 0.3) is 11.3 Å². The highest BCUT2D eigenvalue weighted by atomic mass is 19.1. The van der Waals surface area contributed by atoms with Gasteiger partial charge < -0.3 is 29.9 Å². The van der Waals surface area contributed by atoms with E-state index < -0.39 is 23.9 Å². The van der Waals surface area contributed by atoms with Crippen molar-refractivity contribution < 1.29 is 23.8 Å². The van der Waals surface area contributed by atoms with Gasteiger partial charge in [0.25, 0.3) is 5.91 Å². The Morgan fingerprint density at radius 3 is 2.78 bits per heavy atom. The molecule has 41 heavy (non-hydrogen) atoms. The number of aryl methyl sites for hydroxylation is 2. The number of amides is 2. The Labute approximate surface area is 235 Å². The Kier molecular flexibility index (Phi) is 7.70. The van der Waals surface area contributed by atoms with Gasteiger partial charge in [-0.15, -0.1) is 0 Å². The van der Waals surface area contributed by atoms with Crippen LogP contribution in [0.1, 0.15) is 34.6 Å². The summed E-state index contributed by atoms with van der Waals surface area (Å²) < 4.78 is 22.4. The number of anilines is 2. The largest absolute Gasteiger partial charge is 0.497 e. The molecule has 4 aromatic rings. The number of rotatable bonds is 9. The second-order valence-electron chi connectivity index (χ2n) is 9.86. The number of benzene rings is 1. The Morgan fingerprint density at radius 1 is 1.24 bits per heavy atom. The van der Waals surface area contributed by atoms with Crippen molar-refractivity contribution in [1.82, 2.24) is 34.5 Å². The number of halogens is 1. The fraction of sp³-hybridized carbons (Fsp3) is 0.321. The van der Waals surface area contributed by atoms with E-state index in [9.17, 15) is 19.1 Å². The Morgan fingerprint density at radius 2 is 2.05 bits per heavy atom. The van der Waals surface area contributed by atoms with Crippen LogP contribution in [0.4, 0.5) is 16.2 Å². The molecule has 4 heterocycles. The van der Waals surface area contributed by atoms with Gasteiger partial charge in [0.1, 0.15) is 29.1 Å². The number of nitrogens with one attached hydrogen (secondary N) is 2. The van der Waals surface area contributed by atoms with Gasteiger partial charge in [-0.25, -0.2) is 14.4 Å². The van der Waals surface area contributed by atoms with Crippen LogP contribution in [0.5, 0.6) is 5.75 Å². The molecule has 0 radical (unpaired) electrons. The molecule has 2 amide bonds. The van der Waals surface area contributed by atoms with Crippen LogP contribution in [-0.4, -0.2) is 72.4 Å². The third kappa shape index (κ3) is 5.75. The fourth-order valence-electron chi connectivity index (χ4n) is 4.74. The van der Waals surface area contributed by atoms with Gasteiger partial charge >= 0.3 is 0 Å². The Balaban J connectivity index is 1.27. The molecule has 0 fully saturated rings. The van der Waals surface area contributed by atoms with Crippen LogP contribution >= 0.6 is 0 Å². The summed E-state index contributed by atoms with van der Waals surface area (Å²) in [5.41, 5.74) is 2.99. The van der Waals surface area contributed by atoms with E-state index in [0.29, 0.717) is 30.4 Å². The molecule has 1 aliphatic rings. The van der Waals surface area contributed by atoms with Crippen molar-refractivity contribution in [3.05, 3.63) is 71.6 Å². The normalized spacial score (nSPS) is 14.4. The first-order valence-electron chi connectivity index (χ1n) is 13.0. The average Bonchev–Trinajstić information content (AvgIpc) is 3.58. The summed E-state index contributed by atoms with van der Waals surface area (Å²) in [6, 6.07) is 6.66. The minimum atomic E-state index is -1.15. The molecule has 214 valence electrons. The van der Waals surface area contributed by atoms with Gasteiger partial charge in [0.05, 0.1) is 25.1 Å². The molecule has 12 nitrogen and oxygen atoms in total. The lowest BCUT2D eigenvalue weighted by atomic mass is 10.1. The molecule has 0 spiro atoms. The molecule has 1 aromatic carbocycles. The molecule has 13 heteroatoms. The highest BCUT2D eigenvalue weighted by Gasteiger charge is 2.32. The van der Waals surface area contributed by atoms with Gasteiger partial charge in [-0.3, -0.25) is 14.3 Å². The smallest absolute Gasteiger partial charge is 0.271 e. The Hall–Kier alpha value is -4.78. The van der Waals surface area contributed by atoms with E-state index in [-0.39, 0.29) is 23.8 Å². The number of aliphatic hydroxyl groups excluding tert-OH is 1. The number of fused-ring (bicyclic) bond motifs is 1. The number of ether oxygens (including phenoxy) is 1. The molecule has 0 saturated heterocycles. The minimum absolute atomic E-state index is 0.152. The number of hydrogen-bond donors (Lipinski definition) is 3. The predicted octanol–water partition coefficient (Wildman–Crippen LogP) is 2.57. The summed E-state index contributed by atoms with van der Waals surface area (Å²) in [6.07, 6.45) is 4.11. The van der Waals surface area contributed by atoms with Gasteiger partial charge in [0.2, 0.25) is 11.9 Å². The number of carbonyl (C=O) groups excluding carboxylic acids is 2. The molecule has 2 atom stereocenters. The fourth-order valence-corrected chi connectivity index (χ4v) is 4.74. The lowest BCUT2D eigenvalue weighted by molar-refractivity contribution is -0.125. The summed E-state index contributed by atoms with van der Waals surface area (Å²) in [5, 5.41) is 20.4. The summed E-state index contributed by atoms with van der Waals surface area (Å²) in [5.74, 6) is 0.113. The van der Waals surface area contributed by atoms with Crippen LogP contribution in [0, 0.1) is 12.7 Å². The average molecular weight is 563 g/mol. The molecule has 1 aliphatic heterocycles. The van der Waals surface area contributed by atoms with Gasteiger partial charge in [-0.2, -0.15) is 5.10 Å². The Bertz CT molecular complexity index is 1600. The first-order chi connectivity index (χ1) is 19.6. The van der Waals surface area contributed by atoms with E-state index >= 15 is 0 Å². The summed E-state index contributed by atoms with van der Waals surface area (Å²) >= 11 is 0. The van der Waals surface area contributed by atoms with Gasteiger partial charge in [0.15, 0.2) is 0 Å². The monoisotopic (exact) mass is 562 g/mol. The topological polar surface area (TPSA) is 139 Å². The second kappa shape index (κ2) is 11.4. The zero-order valence-electron chi connectivity index (χ0n) is 23.1. The number of methoxy groups -OCH3 is 1. The molecule has 0 bridgehead atoms. The van der Waals surface area contributed by atoms with Gasteiger partial charge in [-0.05, 0) is 43.2 Å². The van der Waals surface area contributed by atoms with E-state index in [0.717, 1.165) is 16.9 Å². The van der Waals surface area contributed by atoms with Crippen molar-refractivity contribution in [3.63, 3.8) is 0 Å². The van der Waals surface area contributed by atoms with Crippen LogP contribution in [0.15, 0.2) is 48.9 Å². The van der Waals surface area contributed by atoms with Crippen molar-refractivity contribution in [3.8, 4) is 17.0 Å². The third-order valence-electron chi connectivity index (χ3n) is 7.09. The van der Waals surface area contributed by atoms with Crippen molar-refractivity contribution in [2.24, 2.45) is 7.05 Å². The van der Waals surface area contributed by atoms with E-state index in [1.807, 2.05) is 30.8 Å². The van der Waals surface area contributed by atoms with E-state index in [2.05, 4.69) is 25.7 Å². The first-order valence-corrected chi connectivity index (χ1v) is 13.0. The predicted molar refractivity (Wildman–Crippen MR) is 148 cm³/mol. The third-order valence-corrected chi connectivity index (χ3v) is 7.09.